The van der Waals surface area contributed by atoms with Crippen LogP contribution in [0.25, 0.3) is 0 Å². The van der Waals surface area contributed by atoms with Crippen LogP contribution in [0.4, 0.5) is 4.79 Å². The van der Waals surface area contributed by atoms with Crippen LogP contribution in [0.1, 0.15) is 52.0 Å². The summed E-state index contributed by atoms with van der Waals surface area (Å²) in [6.45, 7) is 5.64. The lowest BCUT2D eigenvalue weighted by molar-refractivity contribution is 0.00232. The van der Waals surface area contributed by atoms with E-state index in [1.807, 2.05) is 37.8 Å². The van der Waals surface area contributed by atoms with Gasteiger partial charge < -0.3 is 9.64 Å². The van der Waals surface area contributed by atoms with Crippen molar-refractivity contribution in [3.63, 3.8) is 0 Å². The standard InChI is InChI=1S/C18H23N3O2/c1-17(2,3)23-16(22)21-14-6-7-15(21)10-18(9-14,12-19)13-5-4-8-20-11-13/h4-5,8,11,14-15H,6-7,9-10H2,1-3H3. The van der Waals surface area contributed by atoms with Crippen molar-refractivity contribution in [2.45, 2.75) is 69.6 Å². The Balaban J connectivity index is 1.84. The van der Waals surface area contributed by atoms with Crippen LogP contribution >= 0.6 is 0 Å². The van der Waals surface area contributed by atoms with E-state index in [2.05, 4.69) is 11.1 Å². The Hall–Kier alpha value is -2.09. The van der Waals surface area contributed by atoms with E-state index >= 15 is 0 Å². The molecule has 0 N–H and O–H groups in total. The summed E-state index contributed by atoms with van der Waals surface area (Å²) < 4.78 is 5.56. The maximum Gasteiger partial charge on any atom is 0.410 e. The van der Waals surface area contributed by atoms with Crippen molar-refractivity contribution < 1.29 is 9.53 Å². The lowest BCUT2D eigenvalue weighted by Gasteiger charge is -2.43. The van der Waals surface area contributed by atoms with Crippen molar-refractivity contribution in [2.24, 2.45) is 0 Å². The number of aromatic nitrogens is 1. The summed E-state index contributed by atoms with van der Waals surface area (Å²) >= 11 is 0. The second-order valence-corrected chi connectivity index (χ2v) is 7.62. The van der Waals surface area contributed by atoms with Gasteiger partial charge in [-0.1, -0.05) is 6.07 Å². The van der Waals surface area contributed by atoms with Gasteiger partial charge in [-0.05, 0) is 58.1 Å². The molecule has 2 saturated heterocycles. The molecule has 1 aromatic heterocycles. The fourth-order valence-corrected chi connectivity index (χ4v) is 3.90. The van der Waals surface area contributed by atoms with E-state index in [9.17, 15) is 10.1 Å². The summed E-state index contributed by atoms with van der Waals surface area (Å²) in [6.07, 6.45) is 6.45. The maximum absolute atomic E-state index is 12.5. The molecule has 1 amide bonds. The van der Waals surface area contributed by atoms with Crippen molar-refractivity contribution in [1.29, 1.82) is 5.26 Å². The highest BCUT2D eigenvalue weighted by Crippen LogP contribution is 2.47. The van der Waals surface area contributed by atoms with Gasteiger partial charge in [0.15, 0.2) is 0 Å². The minimum atomic E-state index is -0.543. The first kappa shape index (κ1) is 15.8. The van der Waals surface area contributed by atoms with E-state index in [0.29, 0.717) is 12.8 Å². The minimum absolute atomic E-state index is 0.0726. The Morgan fingerprint density at radius 1 is 1.39 bits per heavy atom. The lowest BCUT2D eigenvalue weighted by Crippen LogP contribution is -2.52. The van der Waals surface area contributed by atoms with Crippen LogP contribution in [0, 0.1) is 11.3 Å². The summed E-state index contributed by atoms with van der Waals surface area (Å²) in [5.41, 5.74) is -0.0781. The zero-order valence-electron chi connectivity index (χ0n) is 14.0. The topological polar surface area (TPSA) is 66.2 Å². The van der Waals surface area contributed by atoms with Crippen LogP contribution in [0.3, 0.4) is 0 Å². The van der Waals surface area contributed by atoms with Crippen LogP contribution in [0.2, 0.25) is 0 Å². The quantitative estimate of drug-likeness (QED) is 0.797. The molecule has 2 atom stereocenters. The maximum atomic E-state index is 12.5. The van der Waals surface area contributed by atoms with Gasteiger partial charge in [0.1, 0.15) is 5.60 Å². The van der Waals surface area contributed by atoms with Gasteiger partial charge in [-0.15, -0.1) is 0 Å². The number of nitriles is 1. The molecule has 0 saturated carbocycles. The molecule has 2 aliphatic rings. The van der Waals surface area contributed by atoms with E-state index in [0.717, 1.165) is 18.4 Å². The first-order chi connectivity index (χ1) is 10.8. The fraction of sp³-hybridized carbons (Fsp3) is 0.611. The second kappa shape index (κ2) is 5.52. The van der Waals surface area contributed by atoms with Crippen molar-refractivity contribution in [3.8, 4) is 6.07 Å². The van der Waals surface area contributed by atoms with Gasteiger partial charge in [0.2, 0.25) is 0 Å². The second-order valence-electron chi connectivity index (χ2n) is 7.62. The molecule has 2 fully saturated rings. The SMILES string of the molecule is CC(C)(C)OC(=O)N1C2CCC1CC(C#N)(c1cccnc1)C2. The molecule has 2 bridgehead atoms. The summed E-state index contributed by atoms with van der Waals surface area (Å²) in [7, 11) is 0. The van der Waals surface area contributed by atoms with Crippen LogP contribution < -0.4 is 0 Å². The summed E-state index contributed by atoms with van der Waals surface area (Å²) in [6, 6.07) is 6.51. The molecule has 2 unspecified atom stereocenters. The molecule has 2 aliphatic heterocycles. The number of nitrogens with zero attached hydrogens (tertiary/aromatic N) is 3. The number of carbonyl (C=O) groups excluding carboxylic acids is 1. The lowest BCUT2D eigenvalue weighted by atomic mass is 9.71. The normalized spacial score (nSPS) is 29.9. The average molecular weight is 313 g/mol. The smallest absolute Gasteiger partial charge is 0.410 e. The van der Waals surface area contributed by atoms with E-state index in [1.54, 1.807) is 12.4 Å². The Labute approximate surface area is 137 Å². The highest BCUT2D eigenvalue weighted by Gasteiger charge is 2.52. The highest BCUT2D eigenvalue weighted by atomic mass is 16.6. The molecule has 5 nitrogen and oxygen atoms in total. The van der Waals surface area contributed by atoms with Gasteiger partial charge in [0.25, 0.3) is 0 Å². The number of pyridine rings is 1. The molecule has 1 aromatic rings. The number of hydrogen-bond donors (Lipinski definition) is 0. The largest absolute Gasteiger partial charge is 0.444 e. The van der Waals surface area contributed by atoms with E-state index in [4.69, 9.17) is 4.74 Å². The predicted molar refractivity (Wildman–Crippen MR) is 85.6 cm³/mol. The average Bonchev–Trinajstić information content (AvgIpc) is 2.78. The van der Waals surface area contributed by atoms with Crippen molar-refractivity contribution in [1.82, 2.24) is 9.88 Å². The van der Waals surface area contributed by atoms with Crippen LogP contribution in [0.15, 0.2) is 24.5 Å². The first-order valence-corrected chi connectivity index (χ1v) is 8.18. The number of carbonyl (C=O) groups is 1. The zero-order chi connectivity index (χ0) is 16.7. The van der Waals surface area contributed by atoms with Gasteiger partial charge in [0.05, 0.1) is 11.5 Å². The summed E-state index contributed by atoms with van der Waals surface area (Å²) in [4.78, 5) is 18.6. The van der Waals surface area contributed by atoms with Crippen LogP contribution in [-0.2, 0) is 10.2 Å². The molecule has 0 aromatic carbocycles. The summed E-state index contributed by atoms with van der Waals surface area (Å²) in [5.74, 6) is 0. The van der Waals surface area contributed by atoms with Gasteiger partial charge in [-0.25, -0.2) is 4.79 Å². The molecule has 0 aliphatic carbocycles. The van der Waals surface area contributed by atoms with Crippen molar-refractivity contribution >= 4 is 6.09 Å². The van der Waals surface area contributed by atoms with Crippen molar-refractivity contribution in [2.75, 3.05) is 0 Å². The molecule has 0 radical (unpaired) electrons. The minimum Gasteiger partial charge on any atom is -0.444 e. The number of fused-ring (bicyclic) bond motifs is 2. The Morgan fingerprint density at radius 2 is 2.04 bits per heavy atom. The van der Waals surface area contributed by atoms with E-state index < -0.39 is 11.0 Å². The van der Waals surface area contributed by atoms with Gasteiger partial charge in [-0.2, -0.15) is 5.26 Å². The highest BCUT2D eigenvalue weighted by molar-refractivity contribution is 5.70. The van der Waals surface area contributed by atoms with Crippen LogP contribution in [0.5, 0.6) is 0 Å². The fourth-order valence-electron chi connectivity index (χ4n) is 3.90. The van der Waals surface area contributed by atoms with Gasteiger partial charge in [-0.3, -0.25) is 4.98 Å². The van der Waals surface area contributed by atoms with Gasteiger partial charge >= 0.3 is 6.09 Å². The number of hydrogen-bond acceptors (Lipinski definition) is 4. The third kappa shape index (κ3) is 2.90. The Kier molecular flexibility index (Phi) is 3.79. The molecular formula is C18H23N3O2. The summed E-state index contributed by atoms with van der Waals surface area (Å²) in [5, 5.41) is 9.86. The zero-order valence-corrected chi connectivity index (χ0v) is 14.0. The first-order valence-electron chi connectivity index (χ1n) is 8.18. The van der Waals surface area contributed by atoms with E-state index in [-0.39, 0.29) is 18.2 Å². The van der Waals surface area contributed by atoms with Crippen molar-refractivity contribution in [3.05, 3.63) is 30.1 Å². The molecule has 3 rings (SSSR count). The third-order valence-corrected chi connectivity index (χ3v) is 4.82. The number of rotatable bonds is 1. The molecule has 0 spiro atoms. The Bertz CT molecular complexity index is 616. The van der Waals surface area contributed by atoms with Gasteiger partial charge in [0, 0.05) is 24.5 Å². The molecule has 23 heavy (non-hydrogen) atoms. The molecule has 122 valence electrons. The van der Waals surface area contributed by atoms with E-state index in [1.165, 1.54) is 0 Å². The monoisotopic (exact) mass is 313 g/mol. The molecule has 5 heteroatoms. The molecule has 3 heterocycles. The number of ether oxygens (including phenoxy) is 1. The molecular weight excluding hydrogens is 290 g/mol. The Morgan fingerprint density at radius 3 is 2.52 bits per heavy atom. The predicted octanol–water partition coefficient (Wildman–Crippen LogP) is 3.40. The number of amides is 1. The third-order valence-electron chi connectivity index (χ3n) is 4.82. The number of piperidine rings is 1. The van der Waals surface area contributed by atoms with Crippen LogP contribution in [-0.4, -0.2) is 33.7 Å².